The van der Waals surface area contributed by atoms with Crippen LogP contribution in [-0.2, 0) is 11.3 Å². The van der Waals surface area contributed by atoms with Crippen LogP contribution in [0.25, 0.3) is 0 Å². The molecule has 1 atom stereocenters. The lowest BCUT2D eigenvalue weighted by Crippen LogP contribution is -2.15. The molecule has 0 fully saturated rings. The molecule has 1 aromatic heterocycles. The fraction of sp³-hybridized carbons (Fsp3) is 0.214. The molecule has 0 saturated heterocycles. The van der Waals surface area contributed by atoms with Gasteiger partial charge in [0, 0.05) is 30.5 Å². The molecule has 1 aromatic carbocycles. The first-order chi connectivity index (χ1) is 9.15. The third-order valence-electron chi connectivity index (χ3n) is 3.28. The number of aliphatic hydroxyl groups is 1. The summed E-state index contributed by atoms with van der Waals surface area (Å²) in [7, 11) is 2.01. The van der Waals surface area contributed by atoms with Crippen LogP contribution in [-0.4, -0.2) is 18.1 Å². The Balaban J connectivity index is 1.83. The maximum absolute atomic E-state index is 11.4. The first-order valence-corrected chi connectivity index (χ1v) is 6.94. The second kappa shape index (κ2) is 4.68. The first kappa shape index (κ1) is 12.2. The van der Waals surface area contributed by atoms with E-state index in [0.29, 0.717) is 11.3 Å². The van der Waals surface area contributed by atoms with E-state index < -0.39 is 6.10 Å². The fourth-order valence-electron chi connectivity index (χ4n) is 2.22. The molecule has 2 aromatic rings. The predicted molar refractivity (Wildman–Crippen MR) is 76.5 cm³/mol. The number of hydrogen-bond donors (Lipinski definition) is 2. The third-order valence-corrected chi connectivity index (χ3v) is 4.01. The van der Waals surface area contributed by atoms with E-state index in [2.05, 4.69) is 27.0 Å². The Morgan fingerprint density at radius 2 is 2.26 bits per heavy atom. The number of nitrogens with zero attached hydrogens (tertiary/aromatic N) is 1. The molecule has 19 heavy (non-hydrogen) atoms. The van der Waals surface area contributed by atoms with Crippen molar-refractivity contribution in [1.29, 1.82) is 0 Å². The Kier molecular flexibility index (Phi) is 3.00. The predicted octanol–water partition coefficient (Wildman–Crippen LogP) is 2.37. The van der Waals surface area contributed by atoms with E-state index >= 15 is 0 Å². The number of thiophene rings is 1. The van der Waals surface area contributed by atoms with Gasteiger partial charge in [-0.05, 0) is 34.5 Å². The Bertz CT molecular complexity index is 610. The second-order valence-electron chi connectivity index (χ2n) is 4.65. The van der Waals surface area contributed by atoms with E-state index in [0.717, 1.165) is 12.2 Å². The zero-order valence-electron chi connectivity index (χ0n) is 10.5. The van der Waals surface area contributed by atoms with Gasteiger partial charge in [-0.1, -0.05) is 6.07 Å². The minimum atomic E-state index is -1.04. The molecule has 4 nitrogen and oxygen atoms in total. The molecule has 1 unspecified atom stereocenters. The van der Waals surface area contributed by atoms with Crippen LogP contribution in [0.5, 0.6) is 0 Å². The van der Waals surface area contributed by atoms with Crippen LogP contribution in [0.15, 0.2) is 35.0 Å². The van der Waals surface area contributed by atoms with Crippen molar-refractivity contribution in [3.05, 3.63) is 46.2 Å². The molecule has 3 rings (SSSR count). The molecular weight excluding hydrogens is 260 g/mol. The van der Waals surface area contributed by atoms with Gasteiger partial charge in [0.2, 0.25) is 0 Å². The number of aliphatic hydroxyl groups excluding tert-OH is 1. The van der Waals surface area contributed by atoms with Crippen LogP contribution >= 0.6 is 11.3 Å². The van der Waals surface area contributed by atoms with Crippen molar-refractivity contribution < 1.29 is 9.90 Å². The monoisotopic (exact) mass is 274 g/mol. The standard InChI is InChI=1S/C14H14N2O2S/c1-16(7-9-4-5-19-8-9)10-2-3-11-12(6-10)15-14(18)13(11)17/h2-6,8,13,17H,7H2,1H3,(H,15,18). The van der Waals surface area contributed by atoms with Crippen LogP contribution in [0.3, 0.4) is 0 Å². The minimum Gasteiger partial charge on any atom is -0.378 e. The van der Waals surface area contributed by atoms with E-state index in [4.69, 9.17) is 0 Å². The Hall–Kier alpha value is -1.85. The van der Waals surface area contributed by atoms with Gasteiger partial charge in [0.05, 0.1) is 0 Å². The first-order valence-electron chi connectivity index (χ1n) is 6.00. The normalized spacial score (nSPS) is 17.2. The maximum Gasteiger partial charge on any atom is 0.257 e. The van der Waals surface area contributed by atoms with Gasteiger partial charge in [-0.3, -0.25) is 4.79 Å². The lowest BCUT2D eigenvalue weighted by molar-refractivity contribution is -0.123. The highest BCUT2D eigenvalue weighted by molar-refractivity contribution is 7.07. The van der Waals surface area contributed by atoms with Crippen molar-refractivity contribution in [2.45, 2.75) is 12.6 Å². The molecule has 0 bridgehead atoms. The molecule has 1 amide bonds. The number of rotatable bonds is 3. The van der Waals surface area contributed by atoms with Crippen molar-refractivity contribution in [2.75, 3.05) is 17.3 Å². The molecule has 0 saturated carbocycles. The number of carbonyl (C=O) groups is 1. The molecule has 2 heterocycles. The third kappa shape index (κ3) is 2.22. The van der Waals surface area contributed by atoms with Gasteiger partial charge in [0.15, 0.2) is 6.10 Å². The Morgan fingerprint density at radius 1 is 1.42 bits per heavy atom. The van der Waals surface area contributed by atoms with Crippen LogP contribution in [0, 0.1) is 0 Å². The van der Waals surface area contributed by atoms with E-state index in [1.165, 1.54) is 5.56 Å². The number of hydrogen-bond acceptors (Lipinski definition) is 4. The quantitative estimate of drug-likeness (QED) is 0.903. The fourth-order valence-corrected chi connectivity index (χ4v) is 2.88. The van der Waals surface area contributed by atoms with Crippen LogP contribution in [0.1, 0.15) is 17.2 Å². The summed E-state index contributed by atoms with van der Waals surface area (Å²) in [4.78, 5) is 13.5. The summed E-state index contributed by atoms with van der Waals surface area (Å²) < 4.78 is 0. The van der Waals surface area contributed by atoms with Gasteiger partial charge < -0.3 is 15.3 Å². The highest BCUT2D eigenvalue weighted by Crippen LogP contribution is 2.33. The lowest BCUT2D eigenvalue weighted by Gasteiger charge is -2.19. The number of benzene rings is 1. The number of amides is 1. The molecule has 1 aliphatic rings. The van der Waals surface area contributed by atoms with Gasteiger partial charge in [0.25, 0.3) is 5.91 Å². The summed E-state index contributed by atoms with van der Waals surface area (Å²) in [5.41, 5.74) is 3.63. The van der Waals surface area contributed by atoms with Crippen LogP contribution in [0.2, 0.25) is 0 Å². The molecule has 98 valence electrons. The van der Waals surface area contributed by atoms with E-state index in [-0.39, 0.29) is 5.91 Å². The van der Waals surface area contributed by atoms with Crippen LogP contribution < -0.4 is 10.2 Å². The lowest BCUT2D eigenvalue weighted by atomic mass is 10.1. The zero-order valence-corrected chi connectivity index (χ0v) is 11.3. The summed E-state index contributed by atoms with van der Waals surface area (Å²) >= 11 is 1.68. The summed E-state index contributed by atoms with van der Waals surface area (Å²) in [6, 6.07) is 7.72. The van der Waals surface area contributed by atoms with Gasteiger partial charge >= 0.3 is 0 Å². The number of carbonyl (C=O) groups excluding carboxylic acids is 1. The summed E-state index contributed by atoms with van der Waals surface area (Å²) in [6.07, 6.45) is -1.04. The number of anilines is 2. The molecule has 0 aliphatic carbocycles. The molecule has 5 heteroatoms. The molecule has 2 N–H and O–H groups in total. The summed E-state index contributed by atoms with van der Waals surface area (Å²) in [5.74, 6) is -0.354. The second-order valence-corrected chi connectivity index (χ2v) is 5.43. The highest BCUT2D eigenvalue weighted by atomic mass is 32.1. The zero-order chi connectivity index (χ0) is 13.4. The smallest absolute Gasteiger partial charge is 0.257 e. The SMILES string of the molecule is CN(Cc1ccsc1)c1ccc2c(c1)NC(=O)C2O. The average Bonchev–Trinajstić information content (AvgIpc) is 2.99. The molecule has 1 aliphatic heterocycles. The molecule has 0 spiro atoms. The average molecular weight is 274 g/mol. The van der Waals surface area contributed by atoms with Gasteiger partial charge in [0.1, 0.15) is 0 Å². The maximum atomic E-state index is 11.4. The largest absolute Gasteiger partial charge is 0.378 e. The van der Waals surface area contributed by atoms with Gasteiger partial charge in [-0.2, -0.15) is 11.3 Å². The Labute approximate surface area is 115 Å². The topological polar surface area (TPSA) is 52.6 Å². The van der Waals surface area contributed by atoms with E-state index in [1.807, 2.05) is 19.2 Å². The Morgan fingerprint density at radius 3 is 3.00 bits per heavy atom. The van der Waals surface area contributed by atoms with Crippen molar-refractivity contribution in [3.8, 4) is 0 Å². The highest BCUT2D eigenvalue weighted by Gasteiger charge is 2.28. The van der Waals surface area contributed by atoms with Crippen molar-refractivity contribution in [2.24, 2.45) is 0 Å². The van der Waals surface area contributed by atoms with E-state index in [9.17, 15) is 9.90 Å². The van der Waals surface area contributed by atoms with Crippen molar-refractivity contribution in [1.82, 2.24) is 0 Å². The van der Waals surface area contributed by atoms with Crippen molar-refractivity contribution >= 4 is 28.6 Å². The summed E-state index contributed by atoms with van der Waals surface area (Å²) in [6.45, 7) is 0.818. The van der Waals surface area contributed by atoms with Crippen molar-refractivity contribution in [3.63, 3.8) is 0 Å². The van der Waals surface area contributed by atoms with Crippen LogP contribution in [0.4, 0.5) is 11.4 Å². The molecule has 0 radical (unpaired) electrons. The molecular formula is C14H14N2O2S. The van der Waals surface area contributed by atoms with Gasteiger partial charge in [-0.15, -0.1) is 0 Å². The number of nitrogens with one attached hydrogen (secondary N) is 1. The minimum absolute atomic E-state index is 0.354. The van der Waals surface area contributed by atoms with E-state index in [1.54, 1.807) is 17.4 Å². The summed E-state index contributed by atoms with van der Waals surface area (Å²) in [5, 5.41) is 16.5. The van der Waals surface area contributed by atoms with Gasteiger partial charge in [-0.25, -0.2) is 0 Å². The number of fused-ring (bicyclic) bond motifs is 1.